The zero-order valence-electron chi connectivity index (χ0n) is 11.7. The number of nitrogens with one attached hydrogen (secondary N) is 1. The van der Waals surface area contributed by atoms with Gasteiger partial charge in [-0.25, -0.2) is 13.1 Å². The Morgan fingerprint density at radius 3 is 2.47 bits per heavy atom. The summed E-state index contributed by atoms with van der Waals surface area (Å²) in [5.41, 5.74) is 7.76. The molecule has 1 unspecified atom stereocenters. The Morgan fingerprint density at radius 2 is 1.89 bits per heavy atom. The second-order valence-electron chi connectivity index (χ2n) is 5.61. The predicted molar refractivity (Wildman–Crippen MR) is 77.4 cm³/mol. The van der Waals surface area contributed by atoms with Gasteiger partial charge in [0.2, 0.25) is 10.0 Å². The van der Waals surface area contributed by atoms with E-state index in [-0.39, 0.29) is 4.90 Å². The molecule has 0 bridgehead atoms. The van der Waals surface area contributed by atoms with Crippen LogP contribution in [0.3, 0.4) is 0 Å². The van der Waals surface area contributed by atoms with E-state index >= 15 is 0 Å². The number of rotatable bonds is 5. The van der Waals surface area contributed by atoms with Crippen LogP contribution in [0.5, 0.6) is 0 Å². The second-order valence-corrected chi connectivity index (χ2v) is 7.31. The maximum Gasteiger partial charge on any atom is 0.242 e. The SMILES string of the molecule is Cc1ccc(C)c(S(=O)(=O)NCC(C)C2CC2)c1N. The minimum Gasteiger partial charge on any atom is -0.397 e. The van der Waals surface area contributed by atoms with E-state index in [1.54, 1.807) is 13.0 Å². The van der Waals surface area contributed by atoms with Crippen molar-refractivity contribution < 1.29 is 8.42 Å². The van der Waals surface area contributed by atoms with Gasteiger partial charge in [-0.2, -0.15) is 0 Å². The summed E-state index contributed by atoms with van der Waals surface area (Å²) >= 11 is 0. The highest BCUT2D eigenvalue weighted by atomic mass is 32.2. The Balaban J connectivity index is 2.21. The molecule has 3 N–H and O–H groups in total. The van der Waals surface area contributed by atoms with Crippen molar-refractivity contribution in [1.82, 2.24) is 4.72 Å². The molecule has 0 spiro atoms. The summed E-state index contributed by atoms with van der Waals surface area (Å²) in [7, 11) is -3.52. The lowest BCUT2D eigenvalue weighted by Crippen LogP contribution is -2.30. The average Bonchev–Trinajstić information content (AvgIpc) is 3.15. The normalized spacial score (nSPS) is 17.4. The summed E-state index contributed by atoms with van der Waals surface area (Å²) < 4.78 is 27.5. The van der Waals surface area contributed by atoms with E-state index < -0.39 is 10.0 Å². The Hall–Kier alpha value is -1.07. The van der Waals surface area contributed by atoms with Crippen LogP contribution >= 0.6 is 0 Å². The summed E-state index contributed by atoms with van der Waals surface area (Å²) in [6, 6.07) is 3.64. The molecule has 0 heterocycles. The van der Waals surface area contributed by atoms with Crippen molar-refractivity contribution in [1.29, 1.82) is 0 Å². The molecular formula is C14H22N2O2S. The van der Waals surface area contributed by atoms with Crippen molar-refractivity contribution in [2.24, 2.45) is 11.8 Å². The minimum absolute atomic E-state index is 0.232. The van der Waals surface area contributed by atoms with Gasteiger partial charge in [0.1, 0.15) is 4.90 Å². The molecule has 106 valence electrons. The predicted octanol–water partition coefficient (Wildman–Crippen LogP) is 2.21. The third-order valence-electron chi connectivity index (χ3n) is 3.90. The van der Waals surface area contributed by atoms with Crippen molar-refractivity contribution in [3.63, 3.8) is 0 Å². The Kier molecular flexibility index (Phi) is 3.87. The summed E-state index contributed by atoms with van der Waals surface area (Å²) in [6.07, 6.45) is 2.43. The molecule has 0 saturated heterocycles. The lowest BCUT2D eigenvalue weighted by molar-refractivity contribution is 0.492. The van der Waals surface area contributed by atoms with Gasteiger partial charge in [0.25, 0.3) is 0 Å². The first-order valence-corrected chi connectivity index (χ1v) is 8.16. The van der Waals surface area contributed by atoms with Crippen LogP contribution in [0.2, 0.25) is 0 Å². The van der Waals surface area contributed by atoms with Crippen LogP contribution in [0.1, 0.15) is 30.9 Å². The number of sulfonamides is 1. The van der Waals surface area contributed by atoms with Crippen LogP contribution < -0.4 is 10.5 Å². The van der Waals surface area contributed by atoms with Crippen molar-refractivity contribution >= 4 is 15.7 Å². The highest BCUT2D eigenvalue weighted by Crippen LogP contribution is 2.36. The van der Waals surface area contributed by atoms with Gasteiger partial charge in [-0.1, -0.05) is 19.1 Å². The molecule has 4 nitrogen and oxygen atoms in total. The Morgan fingerprint density at radius 1 is 1.32 bits per heavy atom. The first kappa shape index (κ1) is 14.3. The number of hydrogen-bond donors (Lipinski definition) is 2. The molecule has 1 atom stereocenters. The van der Waals surface area contributed by atoms with Crippen molar-refractivity contribution in [2.45, 2.75) is 38.5 Å². The molecule has 1 saturated carbocycles. The van der Waals surface area contributed by atoms with Crippen molar-refractivity contribution in [3.05, 3.63) is 23.3 Å². The van der Waals surface area contributed by atoms with Gasteiger partial charge in [0.05, 0.1) is 5.69 Å². The van der Waals surface area contributed by atoms with Crippen LogP contribution in [-0.4, -0.2) is 15.0 Å². The van der Waals surface area contributed by atoms with Gasteiger partial charge in [-0.3, -0.25) is 0 Å². The lowest BCUT2D eigenvalue weighted by Gasteiger charge is -2.16. The first-order valence-electron chi connectivity index (χ1n) is 6.68. The maximum absolute atomic E-state index is 12.4. The number of aryl methyl sites for hydroxylation is 2. The molecule has 0 aliphatic heterocycles. The maximum atomic E-state index is 12.4. The quantitative estimate of drug-likeness (QED) is 0.813. The summed E-state index contributed by atoms with van der Waals surface area (Å²) in [5, 5.41) is 0. The van der Waals surface area contributed by atoms with Crippen LogP contribution in [0.4, 0.5) is 5.69 Å². The summed E-state index contributed by atoms with van der Waals surface area (Å²) in [5.74, 6) is 1.07. The molecule has 1 aliphatic rings. The van der Waals surface area contributed by atoms with Crippen LogP contribution in [-0.2, 0) is 10.0 Å². The fourth-order valence-electron chi connectivity index (χ4n) is 2.31. The van der Waals surface area contributed by atoms with E-state index in [0.717, 1.165) is 5.56 Å². The topological polar surface area (TPSA) is 72.2 Å². The van der Waals surface area contributed by atoms with E-state index in [1.807, 2.05) is 13.0 Å². The standard InChI is InChI=1S/C14H22N2O2S/c1-9-4-5-10(2)14(13(9)15)19(17,18)16-8-11(3)12-6-7-12/h4-5,11-12,16H,6-8,15H2,1-3H3. The Labute approximate surface area is 115 Å². The van der Waals surface area contributed by atoms with Gasteiger partial charge in [-0.05, 0) is 49.7 Å². The minimum atomic E-state index is -3.52. The third kappa shape index (κ3) is 3.09. The number of nitrogens with two attached hydrogens (primary N) is 1. The van der Waals surface area contributed by atoms with Crippen LogP contribution in [0, 0.1) is 25.7 Å². The van der Waals surface area contributed by atoms with Gasteiger partial charge < -0.3 is 5.73 Å². The smallest absolute Gasteiger partial charge is 0.242 e. The first-order chi connectivity index (χ1) is 8.83. The van der Waals surface area contributed by atoms with E-state index in [4.69, 9.17) is 5.73 Å². The highest BCUT2D eigenvalue weighted by Gasteiger charge is 2.29. The van der Waals surface area contributed by atoms with Crippen LogP contribution in [0.15, 0.2) is 17.0 Å². The van der Waals surface area contributed by atoms with E-state index in [2.05, 4.69) is 11.6 Å². The summed E-state index contributed by atoms with van der Waals surface area (Å²) in [4.78, 5) is 0.232. The lowest BCUT2D eigenvalue weighted by atomic mass is 10.1. The van der Waals surface area contributed by atoms with Crippen molar-refractivity contribution in [3.8, 4) is 0 Å². The fraction of sp³-hybridized carbons (Fsp3) is 0.571. The highest BCUT2D eigenvalue weighted by molar-refractivity contribution is 7.89. The average molecular weight is 282 g/mol. The molecule has 1 fully saturated rings. The molecule has 1 aliphatic carbocycles. The summed E-state index contributed by atoms with van der Waals surface area (Å²) in [6.45, 7) is 6.17. The largest absolute Gasteiger partial charge is 0.397 e. The molecule has 1 aromatic carbocycles. The molecule has 2 rings (SSSR count). The van der Waals surface area contributed by atoms with Gasteiger partial charge in [0.15, 0.2) is 0 Å². The van der Waals surface area contributed by atoms with Crippen LogP contribution in [0.25, 0.3) is 0 Å². The van der Waals surface area contributed by atoms with E-state index in [9.17, 15) is 8.42 Å². The van der Waals surface area contributed by atoms with E-state index in [0.29, 0.717) is 29.6 Å². The fourth-order valence-corrected chi connectivity index (χ4v) is 3.88. The van der Waals surface area contributed by atoms with Crippen molar-refractivity contribution in [2.75, 3.05) is 12.3 Å². The molecule has 0 amide bonds. The van der Waals surface area contributed by atoms with Gasteiger partial charge in [0, 0.05) is 6.54 Å². The number of nitrogen functional groups attached to an aromatic ring is 1. The number of benzene rings is 1. The zero-order valence-corrected chi connectivity index (χ0v) is 12.5. The number of hydrogen-bond acceptors (Lipinski definition) is 3. The third-order valence-corrected chi connectivity index (χ3v) is 5.53. The Bertz CT molecular complexity index is 577. The molecular weight excluding hydrogens is 260 g/mol. The van der Waals surface area contributed by atoms with Gasteiger partial charge >= 0.3 is 0 Å². The second kappa shape index (κ2) is 5.13. The van der Waals surface area contributed by atoms with E-state index in [1.165, 1.54) is 12.8 Å². The zero-order chi connectivity index (χ0) is 14.2. The molecule has 19 heavy (non-hydrogen) atoms. The molecule has 5 heteroatoms. The monoisotopic (exact) mass is 282 g/mol. The van der Waals surface area contributed by atoms with Gasteiger partial charge in [-0.15, -0.1) is 0 Å². The molecule has 0 aromatic heterocycles. The molecule has 1 aromatic rings. The molecule has 0 radical (unpaired) electrons. The number of anilines is 1.